The molecule has 1 saturated heterocycles. The van der Waals surface area contributed by atoms with E-state index in [9.17, 15) is 4.79 Å². The van der Waals surface area contributed by atoms with E-state index in [1.165, 1.54) is 24.6 Å². The molecule has 0 saturated carbocycles. The molecule has 0 bridgehead atoms. The summed E-state index contributed by atoms with van der Waals surface area (Å²) in [5.41, 5.74) is 1.17. The molecule has 0 unspecified atom stereocenters. The standard InChI is InChI=1S/C14H15N3OS2/c15-9-11-4-3-5-12(8-11)16-13(18)10-20-14(19)17-6-1-2-7-17/h3-5,8H,1-2,6-7,10H2,(H,16,18). The van der Waals surface area contributed by atoms with Crippen LogP contribution in [0.5, 0.6) is 0 Å². The molecule has 1 amide bonds. The lowest BCUT2D eigenvalue weighted by atomic mass is 10.2. The highest BCUT2D eigenvalue weighted by atomic mass is 32.2. The van der Waals surface area contributed by atoms with Crippen molar-refractivity contribution in [1.82, 2.24) is 4.90 Å². The Hall–Kier alpha value is -1.58. The summed E-state index contributed by atoms with van der Waals surface area (Å²) in [4.78, 5) is 14.0. The number of hydrogen-bond acceptors (Lipinski definition) is 4. The highest BCUT2D eigenvalue weighted by molar-refractivity contribution is 8.23. The van der Waals surface area contributed by atoms with E-state index in [1.807, 2.05) is 6.07 Å². The van der Waals surface area contributed by atoms with Crippen LogP contribution in [-0.2, 0) is 4.79 Å². The lowest BCUT2D eigenvalue weighted by molar-refractivity contribution is -0.113. The van der Waals surface area contributed by atoms with Gasteiger partial charge in [-0.05, 0) is 31.0 Å². The van der Waals surface area contributed by atoms with E-state index in [0.29, 0.717) is 17.0 Å². The molecule has 1 N–H and O–H groups in total. The molecule has 1 heterocycles. The van der Waals surface area contributed by atoms with Gasteiger partial charge in [-0.3, -0.25) is 4.79 Å². The van der Waals surface area contributed by atoms with Crippen molar-refractivity contribution >= 4 is 39.9 Å². The Morgan fingerprint density at radius 3 is 2.90 bits per heavy atom. The number of carbonyl (C=O) groups is 1. The second-order valence-electron chi connectivity index (χ2n) is 4.49. The van der Waals surface area contributed by atoms with E-state index in [1.54, 1.807) is 24.3 Å². The van der Waals surface area contributed by atoms with E-state index in [-0.39, 0.29) is 5.91 Å². The van der Waals surface area contributed by atoms with Crippen LogP contribution >= 0.6 is 24.0 Å². The van der Waals surface area contributed by atoms with Crippen molar-refractivity contribution in [3.8, 4) is 6.07 Å². The largest absolute Gasteiger partial charge is 0.358 e. The number of rotatable bonds is 3. The first-order valence-electron chi connectivity index (χ1n) is 6.41. The molecule has 0 atom stereocenters. The van der Waals surface area contributed by atoms with Crippen LogP contribution in [0, 0.1) is 11.3 Å². The second-order valence-corrected chi connectivity index (χ2v) is 6.10. The van der Waals surface area contributed by atoms with E-state index in [0.717, 1.165) is 17.4 Å². The number of nitriles is 1. The zero-order valence-corrected chi connectivity index (χ0v) is 12.6. The van der Waals surface area contributed by atoms with Crippen molar-refractivity contribution in [3.63, 3.8) is 0 Å². The summed E-state index contributed by atoms with van der Waals surface area (Å²) >= 11 is 6.69. The number of thiocarbonyl (C=S) groups is 1. The first kappa shape index (κ1) is 14.8. The molecule has 1 aliphatic rings. The monoisotopic (exact) mass is 305 g/mol. The van der Waals surface area contributed by atoms with Crippen LogP contribution in [0.4, 0.5) is 5.69 Å². The van der Waals surface area contributed by atoms with E-state index < -0.39 is 0 Å². The number of amides is 1. The summed E-state index contributed by atoms with van der Waals surface area (Å²) in [6.45, 7) is 2.00. The summed E-state index contributed by atoms with van der Waals surface area (Å²) in [6.07, 6.45) is 2.35. The Balaban J connectivity index is 1.80. The molecule has 2 rings (SSSR count). The highest BCUT2D eigenvalue weighted by Crippen LogP contribution is 2.17. The average molecular weight is 305 g/mol. The number of benzene rings is 1. The SMILES string of the molecule is N#Cc1cccc(NC(=O)CSC(=S)N2CCCC2)c1. The van der Waals surface area contributed by atoms with E-state index in [2.05, 4.69) is 10.2 Å². The molecule has 0 aliphatic carbocycles. The molecule has 104 valence electrons. The Morgan fingerprint density at radius 2 is 2.20 bits per heavy atom. The first-order chi connectivity index (χ1) is 9.69. The van der Waals surface area contributed by atoms with Gasteiger partial charge >= 0.3 is 0 Å². The summed E-state index contributed by atoms with van der Waals surface area (Å²) in [5, 5.41) is 11.6. The van der Waals surface area contributed by atoms with Gasteiger partial charge in [-0.2, -0.15) is 5.26 Å². The van der Waals surface area contributed by atoms with Gasteiger partial charge in [-0.1, -0.05) is 30.0 Å². The third kappa shape index (κ3) is 4.22. The maximum atomic E-state index is 11.8. The lowest BCUT2D eigenvalue weighted by Crippen LogP contribution is -2.25. The van der Waals surface area contributed by atoms with Gasteiger partial charge in [0.25, 0.3) is 0 Å². The molecule has 0 aromatic heterocycles. The highest BCUT2D eigenvalue weighted by Gasteiger charge is 2.16. The van der Waals surface area contributed by atoms with Crippen LogP contribution in [0.2, 0.25) is 0 Å². The van der Waals surface area contributed by atoms with Crippen LogP contribution in [0.1, 0.15) is 18.4 Å². The molecule has 20 heavy (non-hydrogen) atoms. The van der Waals surface area contributed by atoms with E-state index in [4.69, 9.17) is 17.5 Å². The molecule has 0 spiro atoms. The van der Waals surface area contributed by atoms with E-state index >= 15 is 0 Å². The summed E-state index contributed by atoms with van der Waals surface area (Å²) in [7, 11) is 0. The number of nitrogens with one attached hydrogen (secondary N) is 1. The molecule has 1 aliphatic heterocycles. The van der Waals surface area contributed by atoms with Gasteiger partial charge in [0.05, 0.1) is 17.4 Å². The zero-order valence-electron chi connectivity index (χ0n) is 11.0. The number of hydrogen-bond donors (Lipinski definition) is 1. The van der Waals surface area contributed by atoms with Gasteiger partial charge < -0.3 is 10.2 Å². The van der Waals surface area contributed by atoms with Crippen LogP contribution in [0.3, 0.4) is 0 Å². The minimum absolute atomic E-state index is 0.105. The van der Waals surface area contributed by atoms with Crippen molar-refractivity contribution in [3.05, 3.63) is 29.8 Å². The van der Waals surface area contributed by atoms with Gasteiger partial charge in [-0.25, -0.2) is 0 Å². The van der Waals surface area contributed by atoms with Crippen molar-refractivity contribution < 1.29 is 4.79 Å². The lowest BCUT2D eigenvalue weighted by Gasteiger charge is -2.17. The molecule has 1 fully saturated rings. The summed E-state index contributed by atoms with van der Waals surface area (Å²) in [6, 6.07) is 8.91. The number of nitrogens with zero attached hydrogens (tertiary/aromatic N) is 2. The minimum Gasteiger partial charge on any atom is -0.358 e. The van der Waals surface area contributed by atoms with Gasteiger partial charge in [0.15, 0.2) is 0 Å². The van der Waals surface area contributed by atoms with Crippen LogP contribution in [0.25, 0.3) is 0 Å². The van der Waals surface area contributed by atoms with Crippen LogP contribution in [0.15, 0.2) is 24.3 Å². The number of thioether (sulfide) groups is 1. The van der Waals surface area contributed by atoms with Crippen LogP contribution < -0.4 is 5.32 Å². The average Bonchev–Trinajstić information content (AvgIpc) is 2.99. The van der Waals surface area contributed by atoms with Crippen molar-refractivity contribution in [2.24, 2.45) is 0 Å². The molecule has 0 radical (unpaired) electrons. The molecule has 6 heteroatoms. The predicted molar refractivity (Wildman–Crippen MR) is 85.6 cm³/mol. The fourth-order valence-electron chi connectivity index (χ4n) is 1.98. The number of likely N-dealkylation sites (tertiary alicyclic amines) is 1. The topological polar surface area (TPSA) is 56.1 Å². The second kappa shape index (κ2) is 7.27. The molecule has 1 aromatic rings. The van der Waals surface area contributed by atoms with Crippen molar-refractivity contribution in [1.29, 1.82) is 5.26 Å². The number of anilines is 1. The molecular formula is C14H15N3OS2. The van der Waals surface area contributed by atoms with Crippen molar-refractivity contribution in [2.45, 2.75) is 12.8 Å². The third-order valence-corrected chi connectivity index (χ3v) is 4.49. The van der Waals surface area contributed by atoms with Gasteiger partial charge in [-0.15, -0.1) is 0 Å². The van der Waals surface area contributed by atoms with Gasteiger partial charge in [0.2, 0.25) is 5.91 Å². The maximum absolute atomic E-state index is 11.8. The quantitative estimate of drug-likeness (QED) is 0.870. The first-order valence-corrected chi connectivity index (χ1v) is 7.80. The fourth-order valence-corrected chi connectivity index (χ4v) is 3.03. The Kier molecular flexibility index (Phi) is 5.39. The maximum Gasteiger partial charge on any atom is 0.234 e. The van der Waals surface area contributed by atoms with Crippen molar-refractivity contribution in [2.75, 3.05) is 24.2 Å². The van der Waals surface area contributed by atoms with Gasteiger partial charge in [0.1, 0.15) is 4.32 Å². The minimum atomic E-state index is -0.105. The fraction of sp³-hybridized carbons (Fsp3) is 0.357. The molecular weight excluding hydrogens is 290 g/mol. The molecule has 4 nitrogen and oxygen atoms in total. The summed E-state index contributed by atoms with van der Waals surface area (Å²) < 4.78 is 0.795. The Bertz CT molecular complexity index is 548. The smallest absolute Gasteiger partial charge is 0.234 e. The van der Waals surface area contributed by atoms with Gasteiger partial charge in [0, 0.05) is 18.8 Å². The Morgan fingerprint density at radius 1 is 1.45 bits per heavy atom. The normalized spacial score (nSPS) is 13.8. The molecule has 1 aromatic carbocycles. The summed E-state index contributed by atoms with van der Waals surface area (Å²) in [5.74, 6) is 0.193. The predicted octanol–water partition coefficient (Wildman–Crippen LogP) is 2.61. The zero-order chi connectivity index (χ0) is 14.4. The van der Waals surface area contributed by atoms with Crippen LogP contribution in [-0.4, -0.2) is 34.0 Å². The Labute approximate surface area is 128 Å². The number of carbonyl (C=O) groups excluding carboxylic acids is 1. The third-order valence-electron chi connectivity index (χ3n) is 2.97.